The first-order valence-corrected chi connectivity index (χ1v) is 5.79. The second kappa shape index (κ2) is 6.00. The minimum Gasteiger partial charge on any atom is -0.496 e. The minimum absolute atomic E-state index is 0.625. The maximum absolute atomic E-state index is 11.0. The van der Waals surface area contributed by atoms with E-state index in [-0.39, 0.29) is 0 Å². The van der Waals surface area contributed by atoms with Crippen LogP contribution in [0, 0.1) is 0 Å². The van der Waals surface area contributed by atoms with Gasteiger partial charge in [-0.1, -0.05) is 6.07 Å². The summed E-state index contributed by atoms with van der Waals surface area (Å²) in [5, 5.41) is 11.7. The van der Waals surface area contributed by atoms with Crippen LogP contribution in [0.2, 0.25) is 0 Å². The summed E-state index contributed by atoms with van der Waals surface area (Å²) in [6, 6.07) is 3.81. The first-order valence-electron chi connectivity index (χ1n) is 5.00. The highest BCUT2D eigenvalue weighted by molar-refractivity contribution is 9.10. The number of ether oxygens (including phenoxy) is 1. The van der Waals surface area contributed by atoms with Crippen LogP contribution in [-0.2, 0) is 4.79 Å². The van der Waals surface area contributed by atoms with E-state index in [0.717, 1.165) is 10.0 Å². The zero-order valence-electron chi connectivity index (χ0n) is 9.61. The molecule has 2 unspecified atom stereocenters. The fraction of sp³-hybridized carbons (Fsp3) is 0.364. The van der Waals surface area contributed by atoms with Gasteiger partial charge >= 0.3 is 5.97 Å². The molecule has 1 aromatic rings. The van der Waals surface area contributed by atoms with Crippen molar-refractivity contribution in [2.24, 2.45) is 5.73 Å². The van der Waals surface area contributed by atoms with Gasteiger partial charge in [-0.25, -0.2) is 0 Å². The molecule has 0 amide bonds. The number of likely N-dealkylation sites (N-methyl/N-ethyl adjacent to an activating group) is 1. The Hall–Kier alpha value is -1.11. The molecule has 1 aromatic carbocycles. The van der Waals surface area contributed by atoms with Gasteiger partial charge in [0.25, 0.3) is 0 Å². The molecule has 94 valence electrons. The van der Waals surface area contributed by atoms with Crippen LogP contribution in [0.1, 0.15) is 11.6 Å². The number of carboxylic acid groups (broad SMARTS) is 1. The number of benzene rings is 1. The first-order chi connectivity index (χ1) is 8.01. The molecule has 0 radical (unpaired) electrons. The van der Waals surface area contributed by atoms with Crippen LogP contribution >= 0.6 is 15.9 Å². The summed E-state index contributed by atoms with van der Waals surface area (Å²) in [5.41, 5.74) is 6.63. The van der Waals surface area contributed by atoms with E-state index in [2.05, 4.69) is 21.2 Å². The van der Waals surface area contributed by atoms with Crippen LogP contribution < -0.4 is 15.8 Å². The van der Waals surface area contributed by atoms with Crippen LogP contribution in [0.3, 0.4) is 0 Å². The van der Waals surface area contributed by atoms with Crippen LogP contribution in [0.4, 0.5) is 0 Å². The Morgan fingerprint density at radius 1 is 1.59 bits per heavy atom. The summed E-state index contributed by atoms with van der Waals surface area (Å²) >= 11 is 3.34. The molecule has 1 rings (SSSR count). The Morgan fingerprint density at radius 2 is 2.24 bits per heavy atom. The lowest BCUT2D eigenvalue weighted by molar-refractivity contribution is -0.139. The fourth-order valence-corrected chi connectivity index (χ4v) is 2.10. The third-order valence-corrected chi connectivity index (χ3v) is 3.12. The van der Waals surface area contributed by atoms with E-state index in [9.17, 15) is 4.79 Å². The number of carbonyl (C=O) groups is 1. The lowest BCUT2D eigenvalue weighted by Gasteiger charge is -2.20. The van der Waals surface area contributed by atoms with Gasteiger partial charge in [-0.3, -0.25) is 4.79 Å². The lowest BCUT2D eigenvalue weighted by Crippen LogP contribution is -2.43. The molecule has 0 saturated heterocycles. The monoisotopic (exact) mass is 302 g/mol. The van der Waals surface area contributed by atoms with E-state index >= 15 is 0 Å². The van der Waals surface area contributed by atoms with Crippen molar-refractivity contribution in [3.8, 4) is 5.75 Å². The van der Waals surface area contributed by atoms with Crippen molar-refractivity contribution in [3.05, 3.63) is 28.2 Å². The quantitative estimate of drug-likeness (QED) is 0.759. The van der Waals surface area contributed by atoms with E-state index in [4.69, 9.17) is 15.6 Å². The Morgan fingerprint density at radius 3 is 2.65 bits per heavy atom. The average Bonchev–Trinajstić information content (AvgIpc) is 2.29. The van der Waals surface area contributed by atoms with Crippen LogP contribution in [0.5, 0.6) is 5.75 Å². The third kappa shape index (κ3) is 3.18. The van der Waals surface area contributed by atoms with E-state index in [1.165, 1.54) is 0 Å². The Labute approximate surface area is 108 Å². The summed E-state index contributed by atoms with van der Waals surface area (Å²) in [6.07, 6.45) is 0. The maximum Gasteiger partial charge on any atom is 0.322 e. The van der Waals surface area contributed by atoms with Crippen LogP contribution in [0.15, 0.2) is 22.7 Å². The van der Waals surface area contributed by atoms with E-state index in [1.807, 2.05) is 0 Å². The van der Waals surface area contributed by atoms with Gasteiger partial charge in [0.2, 0.25) is 0 Å². The number of methoxy groups -OCH3 is 1. The molecule has 0 aliphatic carbocycles. The van der Waals surface area contributed by atoms with Crippen molar-refractivity contribution in [3.63, 3.8) is 0 Å². The van der Waals surface area contributed by atoms with E-state index in [1.54, 1.807) is 32.4 Å². The van der Waals surface area contributed by atoms with Gasteiger partial charge in [0.1, 0.15) is 11.8 Å². The van der Waals surface area contributed by atoms with Gasteiger partial charge in [-0.15, -0.1) is 0 Å². The van der Waals surface area contributed by atoms with Gasteiger partial charge in [0.15, 0.2) is 0 Å². The largest absolute Gasteiger partial charge is 0.496 e. The maximum atomic E-state index is 11.0. The highest BCUT2D eigenvalue weighted by Gasteiger charge is 2.25. The molecular formula is C11H15BrN2O3. The molecule has 2 atom stereocenters. The van der Waals surface area contributed by atoms with E-state index in [0.29, 0.717) is 5.75 Å². The molecular weight excluding hydrogens is 288 g/mol. The molecule has 0 heterocycles. The molecule has 0 fully saturated rings. The number of hydrogen-bond donors (Lipinski definition) is 3. The topological polar surface area (TPSA) is 84.6 Å². The summed E-state index contributed by atoms with van der Waals surface area (Å²) in [7, 11) is 3.13. The summed E-state index contributed by atoms with van der Waals surface area (Å²) in [6.45, 7) is 0. The van der Waals surface area contributed by atoms with Crippen molar-refractivity contribution >= 4 is 21.9 Å². The normalized spacial score (nSPS) is 14.1. The predicted octanol–water partition coefficient (Wildman–Crippen LogP) is 1.13. The zero-order chi connectivity index (χ0) is 13.0. The number of carboxylic acids is 1. The predicted molar refractivity (Wildman–Crippen MR) is 68.1 cm³/mol. The lowest BCUT2D eigenvalue weighted by atomic mass is 10.0. The zero-order valence-corrected chi connectivity index (χ0v) is 11.2. The highest BCUT2D eigenvalue weighted by atomic mass is 79.9. The number of halogens is 1. The third-order valence-electron chi connectivity index (χ3n) is 2.50. The Bertz CT molecular complexity index is 412. The number of rotatable bonds is 5. The van der Waals surface area contributed by atoms with Gasteiger partial charge in [-0.2, -0.15) is 0 Å². The Kier molecular flexibility index (Phi) is 4.92. The number of nitrogens with two attached hydrogens (primary N) is 1. The van der Waals surface area contributed by atoms with Crippen molar-refractivity contribution in [2.75, 3.05) is 14.2 Å². The SMILES string of the molecule is CNC(C(=O)O)C(N)c1ccc(OC)c(Br)c1. The molecule has 0 spiro atoms. The number of nitrogens with one attached hydrogen (secondary N) is 1. The van der Waals surface area contributed by atoms with Crippen molar-refractivity contribution < 1.29 is 14.6 Å². The van der Waals surface area contributed by atoms with Gasteiger partial charge in [0, 0.05) is 0 Å². The minimum atomic E-state index is -0.980. The number of aliphatic carboxylic acids is 1. The fourth-order valence-electron chi connectivity index (χ4n) is 1.54. The summed E-state index contributed by atoms with van der Waals surface area (Å²) in [5.74, 6) is -0.302. The Balaban J connectivity index is 2.99. The van der Waals surface area contributed by atoms with Crippen molar-refractivity contribution in [1.82, 2.24) is 5.32 Å². The molecule has 0 aliphatic heterocycles. The average molecular weight is 303 g/mol. The molecule has 0 bridgehead atoms. The van der Waals surface area contributed by atoms with Crippen molar-refractivity contribution in [1.29, 1.82) is 0 Å². The van der Waals surface area contributed by atoms with Gasteiger partial charge in [-0.05, 0) is 40.7 Å². The van der Waals surface area contributed by atoms with Gasteiger partial charge in [0.05, 0.1) is 17.6 Å². The van der Waals surface area contributed by atoms with Crippen LogP contribution in [-0.4, -0.2) is 31.3 Å². The molecule has 0 aliphatic rings. The van der Waals surface area contributed by atoms with Crippen LogP contribution in [0.25, 0.3) is 0 Å². The molecule has 0 saturated carbocycles. The smallest absolute Gasteiger partial charge is 0.322 e. The molecule has 4 N–H and O–H groups in total. The second-order valence-corrected chi connectivity index (χ2v) is 4.38. The molecule has 0 aromatic heterocycles. The molecule has 6 heteroatoms. The highest BCUT2D eigenvalue weighted by Crippen LogP contribution is 2.28. The number of hydrogen-bond acceptors (Lipinski definition) is 4. The van der Waals surface area contributed by atoms with Crippen molar-refractivity contribution in [2.45, 2.75) is 12.1 Å². The molecule has 5 nitrogen and oxygen atoms in total. The summed E-state index contributed by atoms with van der Waals surface area (Å²) < 4.78 is 5.84. The van der Waals surface area contributed by atoms with E-state index < -0.39 is 18.1 Å². The molecule has 17 heavy (non-hydrogen) atoms. The summed E-state index contributed by atoms with van der Waals surface area (Å²) in [4.78, 5) is 11.0. The second-order valence-electron chi connectivity index (χ2n) is 3.52. The first kappa shape index (κ1) is 14.0. The van der Waals surface area contributed by atoms with Gasteiger partial charge < -0.3 is 20.9 Å². The standard InChI is InChI=1S/C11H15BrN2O3/c1-14-10(11(15)16)9(13)6-3-4-8(17-2)7(12)5-6/h3-5,9-10,14H,13H2,1-2H3,(H,15,16).